The lowest BCUT2D eigenvalue weighted by Gasteiger charge is -2.03. The summed E-state index contributed by atoms with van der Waals surface area (Å²) in [6.45, 7) is 8.25. The van der Waals surface area contributed by atoms with Crippen molar-refractivity contribution in [3.8, 4) is 0 Å². The lowest BCUT2D eigenvalue weighted by atomic mass is 10.0. The molecule has 0 fully saturated rings. The molecule has 0 bridgehead atoms. The van der Waals surface area contributed by atoms with Gasteiger partial charge in [0.25, 0.3) is 0 Å². The normalized spacial score (nSPS) is 11.8. The van der Waals surface area contributed by atoms with Gasteiger partial charge in [-0.15, -0.1) is 0 Å². The number of hydrogen-bond acceptors (Lipinski definition) is 0. The highest BCUT2D eigenvalue weighted by molar-refractivity contribution is 5.07. The zero-order valence-electron chi connectivity index (χ0n) is 15.7. The standard InChI is InChI=1S/C22H42/c1-4-6-7-8-9-10-11-12-13-14-15-16-17-18-19-21-22(3)20-5-2/h5,20H,2,4,6-19,21H2,1,3H3. The van der Waals surface area contributed by atoms with Crippen molar-refractivity contribution in [1.29, 1.82) is 0 Å². The monoisotopic (exact) mass is 306 g/mol. The van der Waals surface area contributed by atoms with E-state index in [4.69, 9.17) is 0 Å². The minimum Gasteiger partial charge on any atom is -0.0991 e. The summed E-state index contributed by atoms with van der Waals surface area (Å²) < 4.78 is 0. The van der Waals surface area contributed by atoms with E-state index in [1.165, 1.54) is 108 Å². The Balaban J connectivity index is 3.05. The first-order valence-electron chi connectivity index (χ1n) is 10.1. The van der Waals surface area contributed by atoms with E-state index in [2.05, 4.69) is 26.5 Å². The van der Waals surface area contributed by atoms with E-state index in [0.717, 1.165) is 0 Å². The van der Waals surface area contributed by atoms with Gasteiger partial charge in [0.15, 0.2) is 0 Å². The van der Waals surface area contributed by atoms with E-state index in [-0.39, 0.29) is 0 Å². The fourth-order valence-electron chi connectivity index (χ4n) is 3.06. The van der Waals surface area contributed by atoms with Crippen molar-refractivity contribution in [2.24, 2.45) is 0 Å². The molecule has 0 heteroatoms. The summed E-state index contributed by atoms with van der Waals surface area (Å²) in [4.78, 5) is 0. The second-order valence-corrected chi connectivity index (χ2v) is 6.95. The van der Waals surface area contributed by atoms with Crippen LogP contribution in [0.25, 0.3) is 0 Å². The number of unbranched alkanes of at least 4 members (excludes halogenated alkanes) is 14. The van der Waals surface area contributed by atoms with E-state index in [1.54, 1.807) is 0 Å². The Morgan fingerprint density at radius 3 is 1.36 bits per heavy atom. The van der Waals surface area contributed by atoms with E-state index in [0.29, 0.717) is 0 Å². The van der Waals surface area contributed by atoms with Crippen LogP contribution in [-0.4, -0.2) is 0 Å². The summed E-state index contributed by atoms with van der Waals surface area (Å²) in [6.07, 6.45) is 26.9. The number of rotatable bonds is 17. The molecule has 0 aromatic rings. The van der Waals surface area contributed by atoms with E-state index in [1.807, 2.05) is 6.08 Å². The van der Waals surface area contributed by atoms with Gasteiger partial charge >= 0.3 is 0 Å². The van der Waals surface area contributed by atoms with Crippen LogP contribution in [0, 0.1) is 0 Å². The van der Waals surface area contributed by atoms with Crippen molar-refractivity contribution in [3.63, 3.8) is 0 Å². The molecule has 0 radical (unpaired) electrons. The van der Waals surface area contributed by atoms with Gasteiger partial charge in [0.1, 0.15) is 0 Å². The van der Waals surface area contributed by atoms with E-state index < -0.39 is 0 Å². The van der Waals surface area contributed by atoms with E-state index >= 15 is 0 Å². The summed E-state index contributed by atoms with van der Waals surface area (Å²) >= 11 is 0. The molecule has 0 aliphatic rings. The third kappa shape index (κ3) is 17.5. The van der Waals surface area contributed by atoms with Gasteiger partial charge in [-0.1, -0.05) is 121 Å². The zero-order valence-corrected chi connectivity index (χ0v) is 15.7. The van der Waals surface area contributed by atoms with Gasteiger partial charge < -0.3 is 0 Å². The molecule has 0 aromatic heterocycles. The van der Waals surface area contributed by atoms with Crippen molar-refractivity contribution in [3.05, 3.63) is 24.3 Å². The van der Waals surface area contributed by atoms with Crippen LogP contribution in [0.4, 0.5) is 0 Å². The smallest absolute Gasteiger partial charge is 0.0320 e. The summed E-state index contributed by atoms with van der Waals surface area (Å²) in [5.74, 6) is 0. The maximum Gasteiger partial charge on any atom is -0.0320 e. The zero-order chi connectivity index (χ0) is 16.3. The van der Waals surface area contributed by atoms with Crippen molar-refractivity contribution >= 4 is 0 Å². The quantitative estimate of drug-likeness (QED) is 0.187. The van der Waals surface area contributed by atoms with Crippen LogP contribution in [0.3, 0.4) is 0 Å². The predicted molar refractivity (Wildman–Crippen MR) is 104 cm³/mol. The molecule has 0 aliphatic carbocycles. The molecular formula is C22H42. The molecule has 0 nitrogen and oxygen atoms in total. The van der Waals surface area contributed by atoms with Crippen molar-refractivity contribution in [1.82, 2.24) is 0 Å². The van der Waals surface area contributed by atoms with Crippen LogP contribution in [-0.2, 0) is 0 Å². The second kappa shape index (κ2) is 18.5. The fraction of sp³-hybridized carbons (Fsp3) is 0.818. The molecule has 0 unspecified atom stereocenters. The highest BCUT2D eigenvalue weighted by atomic mass is 14.0. The molecule has 0 saturated heterocycles. The number of hydrogen-bond donors (Lipinski definition) is 0. The first kappa shape index (κ1) is 21.5. The Morgan fingerprint density at radius 2 is 1.00 bits per heavy atom. The first-order chi connectivity index (χ1) is 10.8. The third-order valence-corrected chi connectivity index (χ3v) is 4.58. The van der Waals surface area contributed by atoms with Gasteiger partial charge in [0.05, 0.1) is 0 Å². The molecule has 22 heavy (non-hydrogen) atoms. The van der Waals surface area contributed by atoms with Gasteiger partial charge in [-0.05, 0) is 19.8 Å². The molecule has 0 spiro atoms. The van der Waals surface area contributed by atoms with Gasteiger partial charge in [0.2, 0.25) is 0 Å². The maximum absolute atomic E-state index is 3.75. The van der Waals surface area contributed by atoms with Crippen LogP contribution in [0.1, 0.15) is 117 Å². The van der Waals surface area contributed by atoms with E-state index in [9.17, 15) is 0 Å². The highest BCUT2D eigenvalue weighted by Crippen LogP contribution is 2.14. The maximum atomic E-state index is 3.75. The van der Waals surface area contributed by atoms with Crippen LogP contribution in [0.2, 0.25) is 0 Å². The Labute approximate surface area is 141 Å². The van der Waals surface area contributed by atoms with Gasteiger partial charge in [-0.3, -0.25) is 0 Å². The molecule has 0 aliphatic heterocycles. The Bertz CT molecular complexity index is 249. The molecule has 0 rings (SSSR count). The largest absolute Gasteiger partial charge is 0.0991 e. The molecule has 0 atom stereocenters. The molecule has 0 aromatic carbocycles. The Hall–Kier alpha value is -0.520. The molecule has 0 N–H and O–H groups in total. The molecule has 130 valence electrons. The average Bonchev–Trinajstić information content (AvgIpc) is 2.51. The summed E-state index contributed by atoms with van der Waals surface area (Å²) in [5, 5.41) is 0. The van der Waals surface area contributed by atoms with Crippen LogP contribution in [0.15, 0.2) is 24.3 Å². The molecular weight excluding hydrogens is 264 g/mol. The van der Waals surface area contributed by atoms with Crippen LogP contribution in [0.5, 0.6) is 0 Å². The molecule has 0 heterocycles. The van der Waals surface area contributed by atoms with Gasteiger partial charge in [-0.2, -0.15) is 0 Å². The number of allylic oxidation sites excluding steroid dienone is 3. The predicted octanol–water partition coefficient (Wildman–Crippen LogP) is 8.38. The van der Waals surface area contributed by atoms with Crippen molar-refractivity contribution in [2.75, 3.05) is 0 Å². The molecule has 0 amide bonds. The summed E-state index contributed by atoms with van der Waals surface area (Å²) in [5.41, 5.74) is 1.48. The van der Waals surface area contributed by atoms with Gasteiger partial charge in [-0.25, -0.2) is 0 Å². The summed E-state index contributed by atoms with van der Waals surface area (Å²) in [6, 6.07) is 0. The second-order valence-electron chi connectivity index (χ2n) is 6.95. The SMILES string of the molecule is C=CC=C(C)CCCCCCCCCCCCCCCCC. The van der Waals surface area contributed by atoms with Crippen molar-refractivity contribution in [2.45, 2.75) is 117 Å². The fourth-order valence-corrected chi connectivity index (χ4v) is 3.06. The lowest BCUT2D eigenvalue weighted by molar-refractivity contribution is 0.532. The molecule has 0 saturated carbocycles. The van der Waals surface area contributed by atoms with Gasteiger partial charge in [0, 0.05) is 0 Å². The minimum absolute atomic E-state index is 1.25. The van der Waals surface area contributed by atoms with Crippen LogP contribution >= 0.6 is 0 Å². The lowest BCUT2D eigenvalue weighted by Crippen LogP contribution is -1.84. The first-order valence-corrected chi connectivity index (χ1v) is 10.1. The Kier molecular flexibility index (Phi) is 18.1. The summed E-state index contributed by atoms with van der Waals surface area (Å²) in [7, 11) is 0. The average molecular weight is 307 g/mol. The van der Waals surface area contributed by atoms with Crippen LogP contribution < -0.4 is 0 Å². The van der Waals surface area contributed by atoms with Crippen molar-refractivity contribution < 1.29 is 0 Å². The topological polar surface area (TPSA) is 0 Å². The minimum atomic E-state index is 1.25. The highest BCUT2D eigenvalue weighted by Gasteiger charge is 1.95. The Morgan fingerprint density at radius 1 is 0.636 bits per heavy atom. The third-order valence-electron chi connectivity index (χ3n) is 4.58.